The molecule has 114 valence electrons. The first-order valence-electron chi connectivity index (χ1n) is 7.02. The summed E-state index contributed by atoms with van der Waals surface area (Å²) in [5.74, 6) is -0.0732. The lowest BCUT2D eigenvalue weighted by molar-refractivity contribution is 0.384. The Hall–Kier alpha value is -1.88. The molecule has 1 heterocycles. The maximum atomic E-state index is 13.5. The van der Waals surface area contributed by atoms with Gasteiger partial charge in [-0.05, 0) is 38.5 Å². The molecule has 0 radical (unpaired) electrons. The Kier molecular flexibility index (Phi) is 4.63. The zero-order chi connectivity index (χ0) is 15.6. The van der Waals surface area contributed by atoms with Crippen molar-refractivity contribution in [3.8, 4) is 5.75 Å². The molecule has 0 fully saturated rings. The lowest BCUT2D eigenvalue weighted by Crippen LogP contribution is -2.23. The standard InChI is InChI=1S/C16H22FN3O/c1-10(13-6-7-15(17)16(8-13)21-5)19-11(2)14-9-18-20(4)12(14)3/h6-11,19H,1-5H3. The van der Waals surface area contributed by atoms with Crippen LogP contribution in [0.4, 0.5) is 4.39 Å². The molecule has 0 bridgehead atoms. The van der Waals surface area contributed by atoms with Gasteiger partial charge in [0, 0.05) is 30.4 Å². The van der Waals surface area contributed by atoms with E-state index < -0.39 is 0 Å². The first-order chi connectivity index (χ1) is 9.93. The van der Waals surface area contributed by atoms with E-state index in [2.05, 4.69) is 24.3 Å². The molecule has 0 saturated carbocycles. The Morgan fingerprint density at radius 3 is 2.57 bits per heavy atom. The lowest BCUT2D eigenvalue weighted by Gasteiger charge is -2.21. The number of rotatable bonds is 5. The van der Waals surface area contributed by atoms with Crippen molar-refractivity contribution in [1.82, 2.24) is 15.1 Å². The van der Waals surface area contributed by atoms with Crippen LogP contribution in [0.15, 0.2) is 24.4 Å². The van der Waals surface area contributed by atoms with Gasteiger partial charge in [0.1, 0.15) is 0 Å². The molecule has 1 N–H and O–H groups in total. The van der Waals surface area contributed by atoms with E-state index in [1.807, 2.05) is 24.9 Å². The van der Waals surface area contributed by atoms with Gasteiger partial charge in [-0.15, -0.1) is 0 Å². The van der Waals surface area contributed by atoms with E-state index in [9.17, 15) is 4.39 Å². The van der Waals surface area contributed by atoms with Crippen molar-refractivity contribution in [3.05, 3.63) is 47.0 Å². The summed E-state index contributed by atoms with van der Waals surface area (Å²) in [7, 11) is 3.40. The van der Waals surface area contributed by atoms with Crippen molar-refractivity contribution in [2.75, 3.05) is 7.11 Å². The van der Waals surface area contributed by atoms with Gasteiger partial charge >= 0.3 is 0 Å². The summed E-state index contributed by atoms with van der Waals surface area (Å²) in [6, 6.07) is 5.18. The van der Waals surface area contributed by atoms with Crippen molar-refractivity contribution in [3.63, 3.8) is 0 Å². The molecular formula is C16H22FN3O. The Morgan fingerprint density at radius 1 is 1.29 bits per heavy atom. The highest BCUT2D eigenvalue weighted by Gasteiger charge is 2.16. The molecule has 0 amide bonds. The fourth-order valence-corrected chi connectivity index (χ4v) is 2.45. The number of hydrogen-bond acceptors (Lipinski definition) is 3. The molecule has 1 aromatic carbocycles. The first-order valence-corrected chi connectivity index (χ1v) is 7.02. The van der Waals surface area contributed by atoms with E-state index >= 15 is 0 Å². The third-order valence-corrected chi connectivity index (χ3v) is 3.91. The predicted octanol–water partition coefficient (Wildman–Crippen LogP) is 3.29. The van der Waals surface area contributed by atoms with Crippen LogP contribution in [0.3, 0.4) is 0 Å². The minimum absolute atomic E-state index is 0.0779. The van der Waals surface area contributed by atoms with Crippen molar-refractivity contribution >= 4 is 0 Å². The van der Waals surface area contributed by atoms with Crippen LogP contribution in [-0.4, -0.2) is 16.9 Å². The van der Waals surface area contributed by atoms with E-state index in [1.54, 1.807) is 12.1 Å². The summed E-state index contributed by atoms with van der Waals surface area (Å²) < 4.78 is 20.4. The Labute approximate surface area is 124 Å². The highest BCUT2D eigenvalue weighted by molar-refractivity contribution is 5.32. The van der Waals surface area contributed by atoms with E-state index in [1.165, 1.54) is 18.7 Å². The molecule has 21 heavy (non-hydrogen) atoms. The lowest BCUT2D eigenvalue weighted by atomic mass is 10.0. The number of benzene rings is 1. The smallest absolute Gasteiger partial charge is 0.165 e. The Balaban J connectivity index is 2.14. The number of halogens is 1. The van der Waals surface area contributed by atoms with Crippen LogP contribution in [0.25, 0.3) is 0 Å². The largest absolute Gasteiger partial charge is 0.494 e. The van der Waals surface area contributed by atoms with Crippen molar-refractivity contribution in [2.45, 2.75) is 32.9 Å². The Morgan fingerprint density at radius 2 is 2.00 bits per heavy atom. The quantitative estimate of drug-likeness (QED) is 0.919. The molecular weight excluding hydrogens is 269 g/mol. The average Bonchev–Trinajstić information content (AvgIpc) is 2.79. The summed E-state index contributed by atoms with van der Waals surface area (Å²) in [5, 5.41) is 7.77. The highest BCUT2D eigenvalue weighted by Crippen LogP contribution is 2.25. The third kappa shape index (κ3) is 3.24. The molecule has 2 unspecified atom stereocenters. The van der Waals surface area contributed by atoms with Gasteiger partial charge in [0.2, 0.25) is 0 Å². The van der Waals surface area contributed by atoms with Crippen LogP contribution in [0.1, 0.15) is 42.8 Å². The summed E-state index contributed by atoms with van der Waals surface area (Å²) in [6.45, 7) is 6.20. The number of nitrogens with one attached hydrogen (secondary N) is 1. The third-order valence-electron chi connectivity index (χ3n) is 3.91. The fourth-order valence-electron chi connectivity index (χ4n) is 2.45. The zero-order valence-corrected chi connectivity index (χ0v) is 13.1. The van der Waals surface area contributed by atoms with Gasteiger partial charge in [-0.25, -0.2) is 4.39 Å². The van der Waals surface area contributed by atoms with Crippen molar-refractivity contribution in [2.24, 2.45) is 7.05 Å². The molecule has 5 heteroatoms. The number of nitrogens with zero attached hydrogens (tertiary/aromatic N) is 2. The van der Waals surface area contributed by atoms with Crippen LogP contribution in [0.2, 0.25) is 0 Å². The molecule has 2 atom stereocenters. The number of aromatic nitrogens is 2. The summed E-state index contributed by atoms with van der Waals surface area (Å²) >= 11 is 0. The normalized spacial score (nSPS) is 14.0. The van der Waals surface area contributed by atoms with Gasteiger partial charge in [-0.3, -0.25) is 4.68 Å². The minimum Gasteiger partial charge on any atom is -0.494 e. The summed E-state index contributed by atoms with van der Waals surface area (Å²) in [5.41, 5.74) is 3.29. The monoisotopic (exact) mass is 291 g/mol. The van der Waals surface area contributed by atoms with Gasteiger partial charge < -0.3 is 10.1 Å². The van der Waals surface area contributed by atoms with Gasteiger partial charge in [0.25, 0.3) is 0 Å². The van der Waals surface area contributed by atoms with E-state index in [0.29, 0.717) is 0 Å². The molecule has 0 aliphatic carbocycles. The van der Waals surface area contributed by atoms with Crippen LogP contribution in [-0.2, 0) is 7.05 Å². The van der Waals surface area contributed by atoms with Crippen LogP contribution < -0.4 is 10.1 Å². The maximum absolute atomic E-state index is 13.5. The summed E-state index contributed by atoms with van der Waals surface area (Å²) in [6.07, 6.45) is 1.88. The topological polar surface area (TPSA) is 39.1 Å². The highest BCUT2D eigenvalue weighted by atomic mass is 19.1. The van der Waals surface area contributed by atoms with Crippen molar-refractivity contribution < 1.29 is 9.13 Å². The maximum Gasteiger partial charge on any atom is 0.165 e. The Bertz CT molecular complexity index is 624. The first kappa shape index (κ1) is 15.5. The van der Waals surface area contributed by atoms with Gasteiger partial charge in [0.05, 0.1) is 13.3 Å². The second-order valence-electron chi connectivity index (χ2n) is 5.31. The van der Waals surface area contributed by atoms with Crippen LogP contribution >= 0.6 is 0 Å². The molecule has 0 saturated heterocycles. The minimum atomic E-state index is -0.343. The second kappa shape index (κ2) is 6.26. The van der Waals surface area contributed by atoms with Crippen molar-refractivity contribution in [1.29, 1.82) is 0 Å². The van der Waals surface area contributed by atoms with Gasteiger partial charge in [0.15, 0.2) is 11.6 Å². The molecule has 1 aromatic heterocycles. The second-order valence-corrected chi connectivity index (χ2v) is 5.31. The molecule has 4 nitrogen and oxygen atoms in total. The molecule has 0 aliphatic rings. The van der Waals surface area contributed by atoms with E-state index in [4.69, 9.17) is 4.74 Å². The number of aryl methyl sites for hydroxylation is 1. The SMILES string of the molecule is COc1cc(C(C)NC(C)c2cnn(C)c2C)ccc1F. The average molecular weight is 291 g/mol. The summed E-state index contributed by atoms with van der Waals surface area (Å²) in [4.78, 5) is 0. The predicted molar refractivity (Wildman–Crippen MR) is 80.9 cm³/mol. The molecule has 0 spiro atoms. The molecule has 2 aromatic rings. The van der Waals surface area contributed by atoms with Crippen LogP contribution in [0.5, 0.6) is 5.75 Å². The van der Waals surface area contributed by atoms with E-state index in [0.717, 1.165) is 11.3 Å². The fraction of sp³-hybridized carbons (Fsp3) is 0.438. The molecule has 0 aliphatic heterocycles. The van der Waals surface area contributed by atoms with E-state index in [-0.39, 0.29) is 23.7 Å². The van der Waals surface area contributed by atoms with Crippen LogP contribution in [0, 0.1) is 12.7 Å². The zero-order valence-electron chi connectivity index (χ0n) is 13.1. The number of methoxy groups -OCH3 is 1. The number of hydrogen-bond donors (Lipinski definition) is 1. The van der Waals surface area contributed by atoms with Gasteiger partial charge in [-0.1, -0.05) is 6.07 Å². The molecule has 2 rings (SSSR count). The number of ether oxygens (including phenoxy) is 1. The van der Waals surface area contributed by atoms with Gasteiger partial charge in [-0.2, -0.15) is 5.10 Å².